The van der Waals surface area contributed by atoms with Crippen LogP contribution in [0.5, 0.6) is 0 Å². The molecule has 0 spiro atoms. The third-order valence-electron chi connectivity index (χ3n) is 3.56. The molecule has 2 heterocycles. The molecule has 0 saturated heterocycles. The van der Waals surface area contributed by atoms with Gasteiger partial charge in [0.2, 0.25) is 5.91 Å². The fourth-order valence-corrected chi connectivity index (χ4v) is 2.48. The molecule has 4 heteroatoms. The summed E-state index contributed by atoms with van der Waals surface area (Å²) in [4.78, 5) is 20.2. The number of nitrogens with zero attached hydrogens (tertiary/aromatic N) is 2. The molecule has 3 rings (SSSR count). The molecular formula is C17H15N3O. The molecule has 1 aromatic carbocycles. The lowest BCUT2D eigenvalue weighted by Crippen LogP contribution is -2.13. The molecular weight excluding hydrogens is 262 g/mol. The molecule has 21 heavy (non-hydrogen) atoms. The van der Waals surface area contributed by atoms with Crippen molar-refractivity contribution >= 4 is 16.8 Å². The highest BCUT2D eigenvalue weighted by atomic mass is 16.1. The van der Waals surface area contributed by atoms with Gasteiger partial charge >= 0.3 is 0 Å². The highest BCUT2D eigenvalue weighted by Gasteiger charge is 2.11. The lowest BCUT2D eigenvalue weighted by molar-refractivity contribution is 0.0999. The summed E-state index contributed by atoms with van der Waals surface area (Å²) >= 11 is 0. The van der Waals surface area contributed by atoms with Crippen molar-refractivity contribution in [2.24, 2.45) is 5.73 Å². The summed E-state index contributed by atoms with van der Waals surface area (Å²) in [6, 6.07) is 9.69. The fourth-order valence-electron chi connectivity index (χ4n) is 2.48. The summed E-state index contributed by atoms with van der Waals surface area (Å²) in [5.41, 5.74) is 10.5. The van der Waals surface area contributed by atoms with Crippen LogP contribution in [0.2, 0.25) is 0 Å². The summed E-state index contributed by atoms with van der Waals surface area (Å²) in [7, 11) is 0. The van der Waals surface area contributed by atoms with Gasteiger partial charge in [-0.3, -0.25) is 14.8 Å². The minimum atomic E-state index is -0.436. The Hall–Kier alpha value is -2.75. The van der Waals surface area contributed by atoms with E-state index in [1.165, 1.54) is 0 Å². The Morgan fingerprint density at radius 3 is 2.67 bits per heavy atom. The first-order valence-corrected chi connectivity index (χ1v) is 6.68. The molecule has 0 fully saturated rings. The van der Waals surface area contributed by atoms with Crippen LogP contribution in [0.4, 0.5) is 0 Å². The molecule has 1 amide bonds. The topological polar surface area (TPSA) is 68.9 Å². The van der Waals surface area contributed by atoms with Crippen molar-refractivity contribution in [3.8, 4) is 11.3 Å². The maximum Gasteiger partial charge on any atom is 0.249 e. The largest absolute Gasteiger partial charge is 0.366 e. The number of nitrogens with two attached hydrogens (primary N) is 1. The van der Waals surface area contributed by atoms with Crippen LogP contribution in [0.3, 0.4) is 0 Å². The molecule has 4 nitrogen and oxygen atoms in total. The summed E-state index contributed by atoms with van der Waals surface area (Å²) in [6.07, 6.45) is 3.46. The Bertz CT molecular complexity index is 856. The van der Waals surface area contributed by atoms with Gasteiger partial charge < -0.3 is 5.73 Å². The zero-order chi connectivity index (χ0) is 15.0. The smallest absolute Gasteiger partial charge is 0.249 e. The summed E-state index contributed by atoms with van der Waals surface area (Å²) in [5.74, 6) is -0.436. The second-order valence-corrected chi connectivity index (χ2v) is 5.12. The van der Waals surface area contributed by atoms with Crippen molar-refractivity contribution < 1.29 is 4.79 Å². The second-order valence-electron chi connectivity index (χ2n) is 5.12. The average molecular weight is 277 g/mol. The van der Waals surface area contributed by atoms with Crippen molar-refractivity contribution in [2.45, 2.75) is 13.8 Å². The zero-order valence-corrected chi connectivity index (χ0v) is 11.9. The van der Waals surface area contributed by atoms with Gasteiger partial charge in [-0.1, -0.05) is 6.07 Å². The van der Waals surface area contributed by atoms with E-state index in [-0.39, 0.29) is 0 Å². The van der Waals surface area contributed by atoms with Crippen molar-refractivity contribution in [3.63, 3.8) is 0 Å². The molecule has 0 saturated carbocycles. The van der Waals surface area contributed by atoms with Gasteiger partial charge in [0.15, 0.2) is 0 Å². The molecule has 2 N–H and O–H groups in total. The first-order valence-electron chi connectivity index (χ1n) is 6.68. The van der Waals surface area contributed by atoms with Crippen LogP contribution >= 0.6 is 0 Å². The number of primary amides is 1. The van der Waals surface area contributed by atoms with Gasteiger partial charge in [-0.2, -0.15) is 0 Å². The number of benzene rings is 1. The summed E-state index contributed by atoms with van der Waals surface area (Å²) in [5, 5.41) is 1.05. The molecule has 0 aliphatic heterocycles. The second kappa shape index (κ2) is 4.98. The fraction of sp³-hybridized carbons (Fsp3) is 0.118. The van der Waals surface area contributed by atoms with E-state index in [9.17, 15) is 4.79 Å². The molecule has 3 aromatic rings. The quantitative estimate of drug-likeness (QED) is 0.782. The highest BCUT2D eigenvalue weighted by Crippen LogP contribution is 2.26. The first-order chi connectivity index (χ1) is 10.1. The third kappa shape index (κ3) is 2.36. The number of amides is 1. The monoisotopic (exact) mass is 277 g/mol. The van der Waals surface area contributed by atoms with Crippen LogP contribution in [-0.4, -0.2) is 15.9 Å². The van der Waals surface area contributed by atoms with E-state index in [2.05, 4.69) is 16.0 Å². The number of fused-ring (bicyclic) bond motifs is 1. The van der Waals surface area contributed by atoms with E-state index in [4.69, 9.17) is 5.73 Å². The molecule has 0 atom stereocenters. The maximum atomic E-state index is 11.4. The van der Waals surface area contributed by atoms with Gasteiger partial charge in [0, 0.05) is 28.9 Å². The Kier molecular flexibility index (Phi) is 3.14. The van der Waals surface area contributed by atoms with Crippen molar-refractivity contribution in [1.29, 1.82) is 0 Å². The van der Waals surface area contributed by atoms with E-state index in [1.807, 2.05) is 38.2 Å². The number of pyridine rings is 2. The minimum absolute atomic E-state index is 0.436. The number of hydrogen-bond donors (Lipinski definition) is 1. The zero-order valence-electron chi connectivity index (χ0n) is 11.9. The normalized spacial score (nSPS) is 10.8. The minimum Gasteiger partial charge on any atom is -0.366 e. The van der Waals surface area contributed by atoms with Crippen LogP contribution in [-0.2, 0) is 0 Å². The van der Waals surface area contributed by atoms with Gasteiger partial charge in [-0.25, -0.2) is 0 Å². The van der Waals surface area contributed by atoms with Gasteiger partial charge in [0.25, 0.3) is 0 Å². The number of carbonyl (C=O) groups is 1. The van der Waals surface area contributed by atoms with Gasteiger partial charge in [-0.15, -0.1) is 0 Å². The third-order valence-corrected chi connectivity index (χ3v) is 3.56. The lowest BCUT2D eigenvalue weighted by Gasteiger charge is -2.09. The predicted molar refractivity (Wildman–Crippen MR) is 83.0 cm³/mol. The predicted octanol–water partition coefficient (Wildman–Crippen LogP) is 3.01. The Labute approximate surface area is 122 Å². The van der Waals surface area contributed by atoms with Gasteiger partial charge in [-0.05, 0) is 49.2 Å². The van der Waals surface area contributed by atoms with Crippen LogP contribution in [0, 0.1) is 13.8 Å². The number of carbonyl (C=O) groups excluding carboxylic acids is 1. The van der Waals surface area contributed by atoms with Gasteiger partial charge in [0.05, 0.1) is 11.2 Å². The van der Waals surface area contributed by atoms with Crippen molar-refractivity contribution in [3.05, 3.63) is 59.4 Å². The molecule has 104 valence electrons. The number of aromatic nitrogens is 2. The average Bonchev–Trinajstić information content (AvgIpc) is 2.46. The van der Waals surface area contributed by atoms with E-state index in [0.717, 1.165) is 33.3 Å². The lowest BCUT2D eigenvalue weighted by atomic mass is 10.0. The van der Waals surface area contributed by atoms with Gasteiger partial charge in [0.1, 0.15) is 0 Å². The molecule has 2 aromatic heterocycles. The van der Waals surface area contributed by atoms with Crippen molar-refractivity contribution in [1.82, 2.24) is 9.97 Å². The van der Waals surface area contributed by atoms with Crippen LogP contribution in [0.15, 0.2) is 42.7 Å². The Morgan fingerprint density at radius 1 is 1.10 bits per heavy atom. The van der Waals surface area contributed by atoms with E-state index >= 15 is 0 Å². The molecule has 0 radical (unpaired) electrons. The van der Waals surface area contributed by atoms with E-state index in [0.29, 0.717) is 5.56 Å². The maximum absolute atomic E-state index is 11.4. The molecule has 0 aliphatic carbocycles. The highest BCUT2D eigenvalue weighted by molar-refractivity contribution is 5.96. The molecule has 0 bridgehead atoms. The Morgan fingerprint density at radius 2 is 1.90 bits per heavy atom. The summed E-state index contributed by atoms with van der Waals surface area (Å²) in [6.45, 7) is 3.87. The number of rotatable bonds is 2. The van der Waals surface area contributed by atoms with E-state index < -0.39 is 5.91 Å². The number of hydrogen-bond acceptors (Lipinski definition) is 3. The summed E-state index contributed by atoms with van der Waals surface area (Å²) < 4.78 is 0. The van der Waals surface area contributed by atoms with E-state index in [1.54, 1.807) is 12.3 Å². The first kappa shape index (κ1) is 13.2. The van der Waals surface area contributed by atoms with Crippen molar-refractivity contribution in [2.75, 3.05) is 0 Å². The van der Waals surface area contributed by atoms with Crippen LogP contribution in [0.1, 0.15) is 21.5 Å². The SMILES string of the molecule is Cc1cnc2ccc(-c3nccc(C(N)=O)c3C)cc2c1. The number of aryl methyl sites for hydroxylation is 1. The molecule has 0 unspecified atom stereocenters. The Balaban J connectivity index is 2.21. The van der Waals surface area contributed by atoms with Crippen LogP contribution < -0.4 is 5.73 Å². The standard InChI is InChI=1S/C17H15N3O/c1-10-7-13-8-12(3-4-15(13)20-9-10)16-11(2)14(17(18)21)5-6-19-16/h3-9H,1-2H3,(H2,18,21). The van der Waals surface area contributed by atoms with Crippen LogP contribution in [0.25, 0.3) is 22.2 Å². The molecule has 0 aliphatic rings.